The number of rotatable bonds is 2. The lowest BCUT2D eigenvalue weighted by Crippen LogP contribution is -2.01. The number of aromatic nitrogens is 1. The Morgan fingerprint density at radius 3 is 2.83 bits per heavy atom. The number of hydrogen-bond donors (Lipinski definition) is 1. The standard InChI is InChI=1S/C9H14N2S/c10-9-8(11-6-12-9)5-7-3-1-2-4-7/h6-7H,1-5,10H2. The Morgan fingerprint density at radius 2 is 2.25 bits per heavy atom. The number of nitrogen functional groups attached to an aromatic ring is 1. The van der Waals surface area contributed by atoms with Crippen LogP contribution in [0.4, 0.5) is 5.00 Å². The van der Waals surface area contributed by atoms with Crippen LogP contribution in [0.15, 0.2) is 5.51 Å². The number of hydrogen-bond acceptors (Lipinski definition) is 3. The predicted octanol–water partition coefficient (Wildman–Crippen LogP) is 2.46. The molecule has 1 aromatic rings. The molecule has 0 aliphatic heterocycles. The molecule has 0 aromatic carbocycles. The largest absolute Gasteiger partial charge is 0.389 e. The highest BCUT2D eigenvalue weighted by molar-refractivity contribution is 7.13. The summed E-state index contributed by atoms with van der Waals surface area (Å²) in [6.45, 7) is 0. The van der Waals surface area contributed by atoms with Crippen molar-refractivity contribution in [2.75, 3.05) is 5.73 Å². The lowest BCUT2D eigenvalue weighted by molar-refractivity contribution is 0.541. The summed E-state index contributed by atoms with van der Waals surface area (Å²) >= 11 is 1.55. The van der Waals surface area contributed by atoms with E-state index in [0.717, 1.165) is 23.0 Å². The zero-order valence-corrected chi connectivity index (χ0v) is 7.94. The Bertz CT molecular complexity index is 251. The van der Waals surface area contributed by atoms with Gasteiger partial charge in [-0.15, -0.1) is 11.3 Å². The molecule has 0 atom stereocenters. The monoisotopic (exact) mass is 182 g/mol. The molecule has 0 amide bonds. The fraction of sp³-hybridized carbons (Fsp3) is 0.667. The van der Waals surface area contributed by atoms with Crippen molar-refractivity contribution in [2.24, 2.45) is 5.92 Å². The highest BCUT2D eigenvalue weighted by Crippen LogP contribution is 2.29. The molecule has 3 heteroatoms. The average molecular weight is 182 g/mol. The minimum atomic E-state index is 0.856. The van der Waals surface area contributed by atoms with Gasteiger partial charge in [-0.25, -0.2) is 4.98 Å². The summed E-state index contributed by atoms with van der Waals surface area (Å²) in [6.07, 6.45) is 6.65. The maximum Gasteiger partial charge on any atom is 0.109 e. The van der Waals surface area contributed by atoms with Crippen molar-refractivity contribution in [3.05, 3.63) is 11.2 Å². The van der Waals surface area contributed by atoms with Crippen LogP contribution < -0.4 is 5.73 Å². The Morgan fingerprint density at radius 1 is 1.50 bits per heavy atom. The minimum absolute atomic E-state index is 0.856. The van der Waals surface area contributed by atoms with Crippen LogP contribution in [-0.4, -0.2) is 4.98 Å². The van der Waals surface area contributed by atoms with Crippen LogP contribution in [0.25, 0.3) is 0 Å². The molecule has 2 rings (SSSR count). The van der Waals surface area contributed by atoms with Gasteiger partial charge >= 0.3 is 0 Å². The molecular weight excluding hydrogens is 168 g/mol. The zero-order valence-electron chi connectivity index (χ0n) is 7.12. The third kappa shape index (κ3) is 1.61. The number of thiazole rings is 1. The summed E-state index contributed by atoms with van der Waals surface area (Å²) in [5.41, 5.74) is 8.75. The van der Waals surface area contributed by atoms with Gasteiger partial charge in [-0.2, -0.15) is 0 Å². The number of nitrogens with two attached hydrogens (primary N) is 1. The van der Waals surface area contributed by atoms with E-state index in [9.17, 15) is 0 Å². The van der Waals surface area contributed by atoms with E-state index in [2.05, 4.69) is 4.98 Å². The summed E-state index contributed by atoms with van der Waals surface area (Å²) < 4.78 is 0. The first kappa shape index (κ1) is 8.05. The predicted molar refractivity (Wildman–Crippen MR) is 52.2 cm³/mol. The molecule has 12 heavy (non-hydrogen) atoms. The van der Waals surface area contributed by atoms with Gasteiger partial charge in [0, 0.05) is 0 Å². The Balaban J connectivity index is 1.98. The van der Waals surface area contributed by atoms with Crippen molar-refractivity contribution in [1.29, 1.82) is 0 Å². The molecule has 1 heterocycles. The molecule has 0 bridgehead atoms. The molecule has 1 aliphatic carbocycles. The second kappa shape index (κ2) is 3.44. The molecule has 2 N–H and O–H groups in total. The Labute approximate surface area is 76.8 Å². The van der Waals surface area contributed by atoms with Gasteiger partial charge in [0.1, 0.15) is 5.00 Å². The summed E-state index contributed by atoms with van der Waals surface area (Å²) in [5.74, 6) is 0.856. The zero-order chi connectivity index (χ0) is 8.39. The third-order valence-electron chi connectivity index (χ3n) is 2.63. The summed E-state index contributed by atoms with van der Waals surface area (Å²) in [5, 5.41) is 0.918. The molecule has 2 nitrogen and oxygen atoms in total. The van der Waals surface area contributed by atoms with Crippen molar-refractivity contribution in [3.8, 4) is 0 Å². The SMILES string of the molecule is Nc1scnc1CC1CCCC1. The minimum Gasteiger partial charge on any atom is -0.389 e. The molecule has 1 aliphatic rings. The molecule has 66 valence electrons. The van der Waals surface area contributed by atoms with E-state index in [-0.39, 0.29) is 0 Å². The van der Waals surface area contributed by atoms with Gasteiger partial charge in [0.2, 0.25) is 0 Å². The van der Waals surface area contributed by atoms with Gasteiger partial charge in [0.05, 0.1) is 11.2 Å². The average Bonchev–Trinajstić information content (AvgIpc) is 2.65. The fourth-order valence-corrected chi connectivity index (χ4v) is 2.49. The first-order valence-corrected chi connectivity index (χ1v) is 5.42. The maximum atomic E-state index is 5.77. The highest BCUT2D eigenvalue weighted by atomic mass is 32.1. The Kier molecular flexibility index (Phi) is 2.30. The molecule has 0 saturated heterocycles. The summed E-state index contributed by atoms with van der Waals surface area (Å²) in [4.78, 5) is 4.27. The summed E-state index contributed by atoms with van der Waals surface area (Å²) in [7, 11) is 0. The van der Waals surface area contributed by atoms with Crippen LogP contribution in [0.1, 0.15) is 31.4 Å². The van der Waals surface area contributed by atoms with Gasteiger partial charge in [-0.3, -0.25) is 0 Å². The normalized spacial score (nSPS) is 18.7. The highest BCUT2D eigenvalue weighted by Gasteiger charge is 2.17. The van der Waals surface area contributed by atoms with E-state index in [1.807, 2.05) is 5.51 Å². The maximum absolute atomic E-state index is 5.77. The smallest absolute Gasteiger partial charge is 0.109 e. The van der Waals surface area contributed by atoms with E-state index in [0.29, 0.717) is 0 Å². The van der Waals surface area contributed by atoms with Crippen molar-refractivity contribution >= 4 is 16.3 Å². The van der Waals surface area contributed by atoms with Crippen molar-refractivity contribution in [3.63, 3.8) is 0 Å². The van der Waals surface area contributed by atoms with Crippen LogP contribution in [0.3, 0.4) is 0 Å². The second-order valence-corrected chi connectivity index (χ2v) is 4.40. The van der Waals surface area contributed by atoms with Gasteiger partial charge in [-0.1, -0.05) is 25.7 Å². The molecule has 0 spiro atoms. The molecule has 1 fully saturated rings. The van der Waals surface area contributed by atoms with E-state index in [1.54, 1.807) is 11.3 Å². The Hall–Kier alpha value is -0.570. The van der Waals surface area contributed by atoms with E-state index in [4.69, 9.17) is 5.73 Å². The molecule has 0 unspecified atom stereocenters. The molecular formula is C9H14N2S. The molecule has 1 aromatic heterocycles. The fourth-order valence-electron chi connectivity index (χ4n) is 1.92. The lowest BCUT2D eigenvalue weighted by Gasteiger charge is -2.05. The first-order chi connectivity index (χ1) is 5.86. The van der Waals surface area contributed by atoms with E-state index in [1.165, 1.54) is 25.7 Å². The number of nitrogens with zero attached hydrogens (tertiary/aromatic N) is 1. The van der Waals surface area contributed by atoms with Gasteiger partial charge in [0.15, 0.2) is 0 Å². The molecule has 1 saturated carbocycles. The van der Waals surface area contributed by atoms with Crippen LogP contribution in [0, 0.1) is 5.92 Å². The van der Waals surface area contributed by atoms with Crippen LogP contribution in [-0.2, 0) is 6.42 Å². The van der Waals surface area contributed by atoms with E-state index < -0.39 is 0 Å². The van der Waals surface area contributed by atoms with Crippen LogP contribution >= 0.6 is 11.3 Å². The van der Waals surface area contributed by atoms with Crippen LogP contribution in [0.5, 0.6) is 0 Å². The van der Waals surface area contributed by atoms with E-state index >= 15 is 0 Å². The van der Waals surface area contributed by atoms with Crippen LogP contribution in [0.2, 0.25) is 0 Å². The first-order valence-electron chi connectivity index (χ1n) is 4.54. The molecule has 0 radical (unpaired) electrons. The second-order valence-electron chi connectivity index (χ2n) is 3.52. The summed E-state index contributed by atoms with van der Waals surface area (Å²) in [6, 6.07) is 0. The van der Waals surface area contributed by atoms with Gasteiger partial charge in [-0.05, 0) is 12.3 Å². The van der Waals surface area contributed by atoms with Gasteiger partial charge < -0.3 is 5.73 Å². The third-order valence-corrected chi connectivity index (χ3v) is 3.33. The quantitative estimate of drug-likeness (QED) is 0.763. The lowest BCUT2D eigenvalue weighted by atomic mass is 10.0. The van der Waals surface area contributed by atoms with Crippen molar-refractivity contribution in [1.82, 2.24) is 4.98 Å². The van der Waals surface area contributed by atoms with Crippen molar-refractivity contribution < 1.29 is 0 Å². The number of anilines is 1. The topological polar surface area (TPSA) is 38.9 Å². The van der Waals surface area contributed by atoms with Crippen molar-refractivity contribution in [2.45, 2.75) is 32.1 Å². The van der Waals surface area contributed by atoms with Gasteiger partial charge in [0.25, 0.3) is 0 Å².